The maximum absolute atomic E-state index is 12.5. The second kappa shape index (κ2) is 8.18. The lowest BCUT2D eigenvalue weighted by Gasteiger charge is -2.49. The Morgan fingerprint density at radius 2 is 2.08 bits per heavy atom. The molecule has 0 radical (unpaired) electrons. The minimum atomic E-state index is -1.10. The molecule has 2 atom stereocenters. The molecule has 1 fully saturated rings. The summed E-state index contributed by atoms with van der Waals surface area (Å²) in [5, 5.41) is 12.1. The molecule has 0 unspecified atom stereocenters. The lowest BCUT2D eigenvalue weighted by atomic mass is 9.99. The number of nitrogens with one attached hydrogen (secondary N) is 1. The van der Waals surface area contributed by atoms with Gasteiger partial charge in [0, 0.05) is 5.75 Å². The van der Waals surface area contributed by atoms with Crippen LogP contribution >= 0.6 is 23.5 Å². The number of rotatable bonds is 7. The van der Waals surface area contributed by atoms with Crippen molar-refractivity contribution in [3.05, 3.63) is 47.2 Å². The molecule has 138 valence electrons. The van der Waals surface area contributed by atoms with Crippen LogP contribution in [0, 0.1) is 0 Å². The number of benzene rings is 1. The predicted octanol–water partition coefficient (Wildman–Crippen LogP) is 1.72. The average Bonchev–Trinajstić information content (AvgIpc) is 2.64. The number of carbonyl (C=O) groups excluding carboxylic acids is 2. The van der Waals surface area contributed by atoms with Crippen LogP contribution in [0.1, 0.15) is 12.5 Å². The summed E-state index contributed by atoms with van der Waals surface area (Å²) in [5.74, 6) is 0.0253. The van der Waals surface area contributed by atoms with E-state index >= 15 is 0 Å². The summed E-state index contributed by atoms with van der Waals surface area (Å²) < 4.78 is 0. The molecule has 0 saturated carbocycles. The summed E-state index contributed by atoms with van der Waals surface area (Å²) in [7, 11) is 0. The van der Waals surface area contributed by atoms with Gasteiger partial charge < -0.3 is 10.4 Å². The maximum atomic E-state index is 12.5. The van der Waals surface area contributed by atoms with Crippen molar-refractivity contribution in [2.24, 2.45) is 0 Å². The van der Waals surface area contributed by atoms with Crippen LogP contribution in [0.5, 0.6) is 0 Å². The van der Waals surface area contributed by atoms with Gasteiger partial charge >= 0.3 is 5.97 Å². The molecule has 2 aliphatic heterocycles. The van der Waals surface area contributed by atoms with Crippen molar-refractivity contribution in [1.29, 1.82) is 0 Å². The van der Waals surface area contributed by atoms with E-state index in [9.17, 15) is 19.5 Å². The molecule has 2 N–H and O–H groups in total. The minimum Gasteiger partial charge on any atom is -0.477 e. The quantitative estimate of drug-likeness (QED) is 0.687. The van der Waals surface area contributed by atoms with Crippen molar-refractivity contribution in [2.75, 3.05) is 17.3 Å². The molecule has 2 aliphatic rings. The lowest BCUT2D eigenvalue weighted by Crippen LogP contribution is -2.70. The van der Waals surface area contributed by atoms with Gasteiger partial charge in [0.25, 0.3) is 5.91 Å². The third kappa shape index (κ3) is 3.76. The van der Waals surface area contributed by atoms with Crippen LogP contribution in [0.2, 0.25) is 0 Å². The zero-order chi connectivity index (χ0) is 18.7. The highest BCUT2D eigenvalue weighted by atomic mass is 32.2. The van der Waals surface area contributed by atoms with E-state index < -0.39 is 12.0 Å². The molecule has 2 heterocycles. The van der Waals surface area contributed by atoms with Gasteiger partial charge in [0.1, 0.15) is 17.1 Å². The number of amides is 2. The Balaban J connectivity index is 1.76. The number of fused-ring (bicyclic) bond motifs is 1. The summed E-state index contributed by atoms with van der Waals surface area (Å²) in [6.45, 7) is 1.96. The standard InChI is InChI=1S/C18H20N2O4S2/c1-2-25-10-13(21)19-14-16(22)20-15(18(23)24)12(9-26-17(14)20)8-11-6-4-3-5-7-11/h3-7,14,17H,2,8-10H2,1H3,(H,19,21)(H,23,24)/t14-,17-/m1/s1. The highest BCUT2D eigenvalue weighted by molar-refractivity contribution is 8.00. The van der Waals surface area contributed by atoms with E-state index in [1.807, 2.05) is 37.3 Å². The fourth-order valence-electron chi connectivity index (χ4n) is 3.07. The molecule has 1 saturated heterocycles. The number of carbonyl (C=O) groups is 3. The van der Waals surface area contributed by atoms with Gasteiger partial charge in [-0.15, -0.1) is 11.8 Å². The lowest BCUT2D eigenvalue weighted by molar-refractivity contribution is -0.150. The van der Waals surface area contributed by atoms with Gasteiger partial charge in [-0.2, -0.15) is 11.8 Å². The van der Waals surface area contributed by atoms with Crippen molar-refractivity contribution < 1.29 is 19.5 Å². The SMILES string of the molecule is CCSCC(=O)N[C@@H]1C(=O)N2C(C(=O)O)=C(Cc3ccccc3)CS[C@H]12. The first-order valence-electron chi connectivity index (χ1n) is 8.34. The second-order valence-electron chi connectivity index (χ2n) is 6.01. The third-order valence-electron chi connectivity index (χ3n) is 4.26. The molecule has 1 aromatic rings. The molecule has 0 aromatic heterocycles. The van der Waals surface area contributed by atoms with Crippen molar-refractivity contribution in [2.45, 2.75) is 24.8 Å². The maximum Gasteiger partial charge on any atom is 0.352 e. The summed E-state index contributed by atoms with van der Waals surface area (Å²) in [6.07, 6.45) is 0.496. The average molecular weight is 393 g/mol. The highest BCUT2D eigenvalue weighted by Crippen LogP contribution is 2.41. The number of hydrogen-bond acceptors (Lipinski definition) is 5. The van der Waals surface area contributed by atoms with Gasteiger partial charge in [-0.25, -0.2) is 4.79 Å². The van der Waals surface area contributed by atoms with E-state index in [0.29, 0.717) is 17.9 Å². The molecular formula is C18H20N2O4S2. The van der Waals surface area contributed by atoms with E-state index in [1.165, 1.54) is 28.4 Å². The Hall–Kier alpha value is -1.93. The van der Waals surface area contributed by atoms with Crippen molar-refractivity contribution in [3.63, 3.8) is 0 Å². The molecule has 1 aromatic carbocycles. The molecule has 0 aliphatic carbocycles. The number of aliphatic carboxylic acids is 1. The number of hydrogen-bond donors (Lipinski definition) is 2. The molecule has 0 bridgehead atoms. The Morgan fingerprint density at radius 1 is 1.35 bits per heavy atom. The fraction of sp³-hybridized carbons (Fsp3) is 0.389. The van der Waals surface area contributed by atoms with E-state index in [2.05, 4.69) is 5.32 Å². The summed E-state index contributed by atoms with van der Waals surface area (Å²) in [6, 6.07) is 8.96. The van der Waals surface area contributed by atoms with Crippen LogP contribution < -0.4 is 5.32 Å². The smallest absolute Gasteiger partial charge is 0.352 e. The molecule has 3 rings (SSSR count). The summed E-state index contributed by atoms with van der Waals surface area (Å²) in [5.41, 5.74) is 1.80. The first-order chi connectivity index (χ1) is 12.5. The van der Waals surface area contributed by atoms with E-state index in [-0.39, 0.29) is 22.9 Å². The molecule has 26 heavy (non-hydrogen) atoms. The van der Waals surface area contributed by atoms with Crippen molar-refractivity contribution in [3.8, 4) is 0 Å². The molecule has 0 spiro atoms. The number of thioether (sulfide) groups is 2. The predicted molar refractivity (Wildman–Crippen MR) is 103 cm³/mol. The van der Waals surface area contributed by atoms with Crippen LogP contribution in [-0.2, 0) is 20.8 Å². The van der Waals surface area contributed by atoms with Gasteiger partial charge in [0.2, 0.25) is 5.91 Å². The Kier molecular flexibility index (Phi) is 5.93. The monoisotopic (exact) mass is 392 g/mol. The van der Waals surface area contributed by atoms with Gasteiger partial charge in [-0.05, 0) is 23.3 Å². The Morgan fingerprint density at radius 3 is 2.73 bits per heavy atom. The first kappa shape index (κ1) is 18.8. The van der Waals surface area contributed by atoms with E-state index in [4.69, 9.17) is 0 Å². The number of carboxylic acid groups (broad SMARTS) is 1. The summed E-state index contributed by atoms with van der Waals surface area (Å²) in [4.78, 5) is 37.6. The van der Waals surface area contributed by atoms with Crippen molar-refractivity contribution >= 4 is 41.3 Å². The van der Waals surface area contributed by atoms with Crippen LogP contribution in [0.4, 0.5) is 0 Å². The van der Waals surface area contributed by atoms with Crippen LogP contribution in [0.15, 0.2) is 41.6 Å². The van der Waals surface area contributed by atoms with Crippen molar-refractivity contribution in [1.82, 2.24) is 10.2 Å². The zero-order valence-corrected chi connectivity index (χ0v) is 15.9. The number of carboxylic acids is 1. The minimum absolute atomic E-state index is 0.0658. The number of nitrogens with zero attached hydrogens (tertiary/aromatic N) is 1. The fourth-order valence-corrected chi connectivity index (χ4v) is 4.89. The van der Waals surface area contributed by atoms with Gasteiger partial charge in [-0.3, -0.25) is 14.5 Å². The third-order valence-corrected chi connectivity index (χ3v) is 6.48. The topological polar surface area (TPSA) is 86.7 Å². The second-order valence-corrected chi connectivity index (χ2v) is 8.39. The van der Waals surface area contributed by atoms with E-state index in [1.54, 1.807) is 0 Å². The van der Waals surface area contributed by atoms with Gasteiger partial charge in [0.15, 0.2) is 0 Å². The Bertz CT molecular complexity index is 751. The van der Waals surface area contributed by atoms with Gasteiger partial charge in [-0.1, -0.05) is 37.3 Å². The zero-order valence-electron chi connectivity index (χ0n) is 14.3. The largest absolute Gasteiger partial charge is 0.477 e. The number of β-lactam (4-membered cyclic amide) rings is 1. The molecule has 2 amide bonds. The molecule has 6 nitrogen and oxygen atoms in total. The van der Waals surface area contributed by atoms with Crippen LogP contribution in [0.25, 0.3) is 0 Å². The summed E-state index contributed by atoms with van der Waals surface area (Å²) >= 11 is 2.98. The highest BCUT2D eigenvalue weighted by Gasteiger charge is 2.54. The molecular weight excluding hydrogens is 372 g/mol. The Labute approximate surface area is 160 Å². The van der Waals surface area contributed by atoms with Gasteiger partial charge in [0.05, 0.1) is 5.75 Å². The molecule has 8 heteroatoms. The first-order valence-corrected chi connectivity index (χ1v) is 10.5. The van der Waals surface area contributed by atoms with Crippen LogP contribution in [0.3, 0.4) is 0 Å². The normalized spacial score (nSPS) is 21.9. The van der Waals surface area contributed by atoms with Crippen LogP contribution in [-0.4, -0.2) is 56.5 Å². The van der Waals surface area contributed by atoms with E-state index in [0.717, 1.165) is 16.9 Å².